The van der Waals surface area contributed by atoms with Crippen molar-refractivity contribution in [3.63, 3.8) is 0 Å². The zero-order valence-corrected chi connectivity index (χ0v) is 21.7. The number of carbonyl (C=O) groups is 1. The van der Waals surface area contributed by atoms with Crippen LogP contribution in [0.5, 0.6) is 17.4 Å². The van der Waals surface area contributed by atoms with Crippen molar-refractivity contribution in [3.05, 3.63) is 89.5 Å². The lowest BCUT2D eigenvalue weighted by molar-refractivity contribution is -0.116. The van der Waals surface area contributed by atoms with Gasteiger partial charge in [-0.25, -0.2) is 4.39 Å². The van der Waals surface area contributed by atoms with Crippen molar-refractivity contribution in [2.24, 2.45) is 7.05 Å². The number of hydrogen-bond donors (Lipinski definition) is 1. The molecule has 0 atom stereocenters. The fourth-order valence-electron chi connectivity index (χ4n) is 4.62. The smallest absolute Gasteiger partial charge is 0.223 e. The van der Waals surface area contributed by atoms with Gasteiger partial charge in [0.1, 0.15) is 23.7 Å². The second-order valence-corrected chi connectivity index (χ2v) is 9.29. The third kappa shape index (κ3) is 4.61. The Morgan fingerprint density at radius 3 is 2.39 bits per heavy atom. The highest BCUT2D eigenvalue weighted by Crippen LogP contribution is 2.47. The molecular weight excluding hydrogens is 485 g/mol. The standard InChI is InChI=1S/C30H28FN3O4/c1-18(35)34(3)28-24-14-21(13-19-5-9-22(31)10-6-19)15-32-27(24)29(26-25(28)16-33(2)30(26)36)38-17-20-7-11-23(37-4)12-8-20/h5-12,14-16,36H,13,17H2,1-4H3. The van der Waals surface area contributed by atoms with Crippen LogP contribution in [-0.2, 0) is 24.9 Å². The number of benzene rings is 3. The number of nitrogens with zero attached hydrogens (tertiary/aromatic N) is 3. The highest BCUT2D eigenvalue weighted by atomic mass is 19.1. The first-order valence-electron chi connectivity index (χ1n) is 12.1. The number of amides is 1. The molecule has 5 rings (SSSR count). The van der Waals surface area contributed by atoms with Crippen LogP contribution in [0.2, 0.25) is 0 Å². The fraction of sp³-hybridized carbons (Fsp3) is 0.200. The van der Waals surface area contributed by atoms with Crippen LogP contribution in [0.3, 0.4) is 0 Å². The quantitative estimate of drug-likeness (QED) is 0.301. The van der Waals surface area contributed by atoms with Crippen LogP contribution in [0.25, 0.3) is 21.7 Å². The van der Waals surface area contributed by atoms with E-state index in [4.69, 9.17) is 14.5 Å². The van der Waals surface area contributed by atoms with E-state index >= 15 is 0 Å². The van der Waals surface area contributed by atoms with E-state index in [2.05, 4.69) is 0 Å². The van der Waals surface area contributed by atoms with Gasteiger partial charge in [-0.1, -0.05) is 24.3 Å². The molecule has 1 amide bonds. The van der Waals surface area contributed by atoms with Crippen LogP contribution < -0.4 is 14.4 Å². The lowest BCUT2D eigenvalue weighted by Crippen LogP contribution is -2.23. The van der Waals surface area contributed by atoms with Gasteiger partial charge in [0.25, 0.3) is 0 Å². The zero-order chi connectivity index (χ0) is 27.0. The van der Waals surface area contributed by atoms with Crippen molar-refractivity contribution in [1.29, 1.82) is 0 Å². The SMILES string of the molecule is COc1ccc(COc2c3ncc(Cc4ccc(F)cc4)cc3c(N(C)C(C)=O)c3cn(C)c(O)c23)cc1. The molecule has 38 heavy (non-hydrogen) atoms. The molecule has 2 heterocycles. The maximum atomic E-state index is 13.4. The van der Waals surface area contributed by atoms with E-state index in [9.17, 15) is 14.3 Å². The summed E-state index contributed by atoms with van der Waals surface area (Å²) in [6.45, 7) is 1.73. The Morgan fingerprint density at radius 1 is 1.05 bits per heavy atom. The number of anilines is 1. The van der Waals surface area contributed by atoms with Crippen molar-refractivity contribution in [2.75, 3.05) is 19.1 Å². The van der Waals surface area contributed by atoms with E-state index < -0.39 is 0 Å². The summed E-state index contributed by atoms with van der Waals surface area (Å²) in [5, 5.41) is 12.9. The van der Waals surface area contributed by atoms with Gasteiger partial charge in [0, 0.05) is 44.2 Å². The van der Waals surface area contributed by atoms with E-state index in [0.717, 1.165) is 22.4 Å². The number of aromatic hydroxyl groups is 1. The molecule has 2 aromatic heterocycles. The normalized spacial score (nSPS) is 11.2. The molecule has 5 aromatic rings. The number of aryl methyl sites for hydroxylation is 1. The van der Waals surface area contributed by atoms with E-state index in [1.54, 1.807) is 55.2 Å². The van der Waals surface area contributed by atoms with Crippen LogP contribution in [0.4, 0.5) is 10.1 Å². The fourth-order valence-corrected chi connectivity index (χ4v) is 4.62. The van der Waals surface area contributed by atoms with Gasteiger partial charge in [-0.2, -0.15) is 0 Å². The van der Waals surface area contributed by atoms with Gasteiger partial charge in [0.15, 0.2) is 5.75 Å². The molecule has 0 spiro atoms. The predicted molar refractivity (Wildman–Crippen MR) is 146 cm³/mol. The third-order valence-electron chi connectivity index (χ3n) is 6.72. The maximum absolute atomic E-state index is 13.4. The van der Waals surface area contributed by atoms with Crippen LogP contribution in [-0.4, -0.2) is 34.7 Å². The second kappa shape index (κ2) is 10.0. The van der Waals surface area contributed by atoms with Crippen LogP contribution >= 0.6 is 0 Å². The highest BCUT2D eigenvalue weighted by Gasteiger charge is 2.25. The van der Waals surface area contributed by atoms with Gasteiger partial charge >= 0.3 is 0 Å². The summed E-state index contributed by atoms with van der Waals surface area (Å²) in [7, 11) is 5.05. The first-order valence-corrected chi connectivity index (χ1v) is 12.1. The number of halogens is 1. The minimum absolute atomic E-state index is 0.0158. The number of aromatic nitrogens is 2. The Balaban J connectivity index is 1.69. The van der Waals surface area contributed by atoms with E-state index in [0.29, 0.717) is 39.5 Å². The molecule has 194 valence electrons. The summed E-state index contributed by atoms with van der Waals surface area (Å²) in [5.74, 6) is 0.738. The van der Waals surface area contributed by atoms with Crippen LogP contribution in [0, 0.1) is 5.82 Å². The Bertz CT molecular complexity index is 1640. The number of pyridine rings is 1. The van der Waals surface area contributed by atoms with Crippen molar-refractivity contribution < 1.29 is 23.8 Å². The Labute approximate surface area is 219 Å². The minimum Gasteiger partial charge on any atom is -0.497 e. The average molecular weight is 514 g/mol. The second-order valence-electron chi connectivity index (χ2n) is 9.29. The molecule has 8 heteroatoms. The molecule has 3 aromatic carbocycles. The van der Waals surface area contributed by atoms with Gasteiger partial charge in [-0.05, 0) is 53.4 Å². The molecule has 0 unspecified atom stereocenters. The average Bonchev–Trinajstić information content (AvgIpc) is 3.21. The summed E-state index contributed by atoms with van der Waals surface area (Å²) >= 11 is 0. The number of hydrogen-bond acceptors (Lipinski definition) is 5. The molecule has 0 aliphatic rings. The number of methoxy groups -OCH3 is 1. The number of fused-ring (bicyclic) bond motifs is 2. The Morgan fingerprint density at radius 2 is 1.74 bits per heavy atom. The van der Waals surface area contributed by atoms with E-state index in [-0.39, 0.29) is 24.2 Å². The molecular formula is C30H28FN3O4. The summed E-state index contributed by atoms with van der Waals surface area (Å²) in [5.41, 5.74) is 3.90. The molecule has 0 saturated carbocycles. The lowest BCUT2D eigenvalue weighted by Gasteiger charge is -2.21. The van der Waals surface area contributed by atoms with Crippen molar-refractivity contribution >= 4 is 33.3 Å². The maximum Gasteiger partial charge on any atom is 0.223 e. The van der Waals surface area contributed by atoms with Gasteiger partial charge in [-0.15, -0.1) is 0 Å². The minimum atomic E-state index is -0.291. The molecule has 1 N–H and O–H groups in total. The monoisotopic (exact) mass is 513 g/mol. The molecule has 0 aliphatic carbocycles. The molecule has 0 fully saturated rings. The first-order chi connectivity index (χ1) is 18.3. The van der Waals surface area contributed by atoms with Crippen molar-refractivity contribution in [1.82, 2.24) is 9.55 Å². The number of ether oxygens (including phenoxy) is 2. The summed E-state index contributed by atoms with van der Waals surface area (Å²) < 4.78 is 26.6. The molecule has 7 nitrogen and oxygen atoms in total. The van der Waals surface area contributed by atoms with E-state index in [1.807, 2.05) is 30.3 Å². The summed E-state index contributed by atoms with van der Waals surface area (Å²) in [6.07, 6.45) is 4.06. The van der Waals surface area contributed by atoms with Crippen molar-refractivity contribution in [3.8, 4) is 17.4 Å². The molecule has 0 saturated heterocycles. The first kappa shape index (κ1) is 25.1. The summed E-state index contributed by atoms with van der Waals surface area (Å²) in [4.78, 5) is 18.9. The van der Waals surface area contributed by atoms with Gasteiger partial charge < -0.3 is 24.0 Å². The van der Waals surface area contributed by atoms with Crippen LogP contribution in [0.1, 0.15) is 23.6 Å². The van der Waals surface area contributed by atoms with Gasteiger partial charge in [0.05, 0.1) is 18.2 Å². The number of carbonyl (C=O) groups excluding carboxylic acids is 1. The lowest BCUT2D eigenvalue weighted by atomic mass is 10.0. The van der Waals surface area contributed by atoms with Crippen LogP contribution in [0.15, 0.2) is 67.0 Å². The van der Waals surface area contributed by atoms with Gasteiger partial charge in [0.2, 0.25) is 11.8 Å². The third-order valence-corrected chi connectivity index (χ3v) is 6.72. The number of rotatable bonds is 7. The topological polar surface area (TPSA) is 76.8 Å². The zero-order valence-electron chi connectivity index (χ0n) is 21.7. The molecule has 0 radical (unpaired) electrons. The Kier molecular flexibility index (Phi) is 6.63. The van der Waals surface area contributed by atoms with E-state index in [1.165, 1.54) is 19.1 Å². The summed E-state index contributed by atoms with van der Waals surface area (Å²) in [6, 6.07) is 15.9. The van der Waals surface area contributed by atoms with Crippen molar-refractivity contribution in [2.45, 2.75) is 20.0 Å². The highest BCUT2D eigenvalue weighted by molar-refractivity contribution is 6.19. The predicted octanol–water partition coefficient (Wildman–Crippen LogP) is 5.73. The largest absolute Gasteiger partial charge is 0.497 e. The van der Waals surface area contributed by atoms with Gasteiger partial charge in [-0.3, -0.25) is 9.78 Å². The molecule has 0 aliphatic heterocycles. The molecule has 0 bridgehead atoms. The Hall–Kier alpha value is -4.59.